The molecular weight excluding hydrogens is 246 g/mol. The molecule has 1 unspecified atom stereocenters. The van der Waals surface area contributed by atoms with Crippen molar-refractivity contribution in [1.82, 2.24) is 5.32 Å². The van der Waals surface area contributed by atoms with Crippen LogP contribution < -0.4 is 5.32 Å². The van der Waals surface area contributed by atoms with Crippen LogP contribution in [0.2, 0.25) is 0 Å². The molecule has 1 rings (SSSR count). The van der Waals surface area contributed by atoms with Crippen LogP contribution in [0.4, 0.5) is 0 Å². The van der Waals surface area contributed by atoms with Gasteiger partial charge < -0.3 is 15.2 Å². The van der Waals surface area contributed by atoms with Crippen molar-refractivity contribution < 1.29 is 19.4 Å². The van der Waals surface area contributed by atoms with Crippen molar-refractivity contribution in [2.45, 2.75) is 25.8 Å². The molecule has 0 aromatic heterocycles. The third-order valence-corrected chi connectivity index (χ3v) is 2.76. The minimum atomic E-state index is -1.03. The average molecular weight is 265 g/mol. The summed E-state index contributed by atoms with van der Waals surface area (Å²) in [7, 11) is 1.56. The minimum Gasteiger partial charge on any atom is -0.480 e. The zero-order valence-corrected chi connectivity index (χ0v) is 11.2. The third kappa shape index (κ3) is 5.09. The number of rotatable bonds is 7. The van der Waals surface area contributed by atoms with E-state index in [9.17, 15) is 9.59 Å². The largest absolute Gasteiger partial charge is 0.480 e. The Kier molecular flexibility index (Phi) is 6.02. The molecule has 0 saturated carbocycles. The molecule has 0 bridgehead atoms. The first-order chi connectivity index (χ1) is 9.04. The van der Waals surface area contributed by atoms with Crippen molar-refractivity contribution >= 4 is 11.9 Å². The van der Waals surface area contributed by atoms with E-state index in [0.29, 0.717) is 25.0 Å². The summed E-state index contributed by atoms with van der Waals surface area (Å²) in [5.74, 6) is -1.40. The molecule has 0 aliphatic carbocycles. The summed E-state index contributed by atoms with van der Waals surface area (Å²) in [6.45, 7) is 2.40. The number of aliphatic carboxylic acids is 1. The summed E-state index contributed by atoms with van der Waals surface area (Å²) in [5, 5.41) is 11.6. The molecule has 0 aliphatic rings. The van der Waals surface area contributed by atoms with Gasteiger partial charge in [-0.2, -0.15) is 0 Å². The number of carboxylic acids is 1. The predicted molar refractivity (Wildman–Crippen MR) is 71.2 cm³/mol. The van der Waals surface area contributed by atoms with E-state index in [1.165, 1.54) is 0 Å². The molecule has 0 heterocycles. The highest BCUT2D eigenvalue weighted by molar-refractivity contribution is 5.96. The second-order valence-corrected chi connectivity index (χ2v) is 4.37. The predicted octanol–water partition coefficient (Wildman–Crippen LogP) is 1.60. The molecule has 19 heavy (non-hydrogen) atoms. The molecule has 5 nitrogen and oxygen atoms in total. The Balaban J connectivity index is 2.60. The van der Waals surface area contributed by atoms with Crippen LogP contribution in [-0.4, -0.2) is 36.7 Å². The summed E-state index contributed by atoms with van der Waals surface area (Å²) in [5.41, 5.74) is 1.51. The Hall–Kier alpha value is -1.88. The summed E-state index contributed by atoms with van der Waals surface area (Å²) < 4.78 is 4.87. The molecule has 0 radical (unpaired) electrons. The van der Waals surface area contributed by atoms with Gasteiger partial charge in [0.05, 0.1) is 0 Å². The highest BCUT2D eigenvalue weighted by Crippen LogP contribution is 2.05. The Labute approximate surface area is 112 Å². The first-order valence-electron chi connectivity index (χ1n) is 6.14. The van der Waals surface area contributed by atoms with E-state index in [1.807, 2.05) is 19.1 Å². The van der Waals surface area contributed by atoms with Gasteiger partial charge in [-0.3, -0.25) is 4.79 Å². The van der Waals surface area contributed by atoms with Crippen molar-refractivity contribution in [3.05, 3.63) is 35.4 Å². The molecule has 2 N–H and O–H groups in total. The van der Waals surface area contributed by atoms with Crippen LogP contribution in [0.1, 0.15) is 28.8 Å². The molecule has 0 fully saturated rings. The summed E-state index contributed by atoms with van der Waals surface area (Å²) in [4.78, 5) is 23.0. The van der Waals surface area contributed by atoms with Crippen LogP contribution in [-0.2, 0) is 9.53 Å². The van der Waals surface area contributed by atoms with Gasteiger partial charge in [-0.25, -0.2) is 4.79 Å². The van der Waals surface area contributed by atoms with Crippen molar-refractivity contribution in [2.24, 2.45) is 0 Å². The molecule has 104 valence electrons. The number of amides is 1. The number of methoxy groups -OCH3 is 1. The maximum atomic E-state index is 11.9. The molecular formula is C14H19NO4. The van der Waals surface area contributed by atoms with Gasteiger partial charge in [0, 0.05) is 19.3 Å². The average Bonchev–Trinajstić information content (AvgIpc) is 2.38. The fourth-order valence-electron chi connectivity index (χ4n) is 1.64. The molecule has 0 spiro atoms. The number of nitrogens with one attached hydrogen (secondary N) is 1. The fourth-order valence-corrected chi connectivity index (χ4v) is 1.64. The quantitative estimate of drug-likeness (QED) is 0.734. The lowest BCUT2D eigenvalue weighted by Crippen LogP contribution is -2.40. The lowest BCUT2D eigenvalue weighted by Gasteiger charge is -2.14. The lowest BCUT2D eigenvalue weighted by molar-refractivity contribution is -0.139. The second kappa shape index (κ2) is 7.53. The minimum absolute atomic E-state index is 0.348. The van der Waals surface area contributed by atoms with E-state index in [-0.39, 0.29) is 5.91 Å². The number of benzene rings is 1. The van der Waals surface area contributed by atoms with Gasteiger partial charge in [-0.05, 0) is 31.9 Å². The van der Waals surface area contributed by atoms with Crippen molar-refractivity contribution in [1.29, 1.82) is 0 Å². The number of hydrogen-bond donors (Lipinski definition) is 2. The van der Waals surface area contributed by atoms with E-state index in [4.69, 9.17) is 9.84 Å². The second-order valence-electron chi connectivity index (χ2n) is 4.37. The van der Waals surface area contributed by atoms with E-state index in [0.717, 1.165) is 5.56 Å². The van der Waals surface area contributed by atoms with E-state index < -0.39 is 12.0 Å². The van der Waals surface area contributed by atoms with E-state index in [1.54, 1.807) is 19.2 Å². The zero-order valence-electron chi connectivity index (χ0n) is 11.2. The number of carboxylic acid groups (broad SMARTS) is 1. The Morgan fingerprint density at radius 1 is 1.32 bits per heavy atom. The molecule has 0 aliphatic heterocycles. The molecule has 1 aromatic carbocycles. The zero-order chi connectivity index (χ0) is 14.3. The highest BCUT2D eigenvalue weighted by atomic mass is 16.5. The van der Waals surface area contributed by atoms with Gasteiger partial charge in [0.15, 0.2) is 0 Å². The van der Waals surface area contributed by atoms with Crippen molar-refractivity contribution in [3.8, 4) is 0 Å². The van der Waals surface area contributed by atoms with Gasteiger partial charge in [0.2, 0.25) is 0 Å². The first kappa shape index (κ1) is 15.2. The molecule has 5 heteroatoms. The van der Waals surface area contributed by atoms with Crippen molar-refractivity contribution in [3.63, 3.8) is 0 Å². The summed E-state index contributed by atoms with van der Waals surface area (Å²) in [6.07, 6.45) is 0.933. The van der Waals surface area contributed by atoms with Gasteiger partial charge in [-0.1, -0.05) is 17.7 Å². The third-order valence-electron chi connectivity index (χ3n) is 2.76. The first-order valence-corrected chi connectivity index (χ1v) is 6.14. The van der Waals surface area contributed by atoms with Crippen LogP contribution in [0.5, 0.6) is 0 Å². The van der Waals surface area contributed by atoms with Crippen LogP contribution in [0, 0.1) is 6.92 Å². The Bertz CT molecular complexity index is 428. The van der Waals surface area contributed by atoms with Gasteiger partial charge in [0.25, 0.3) is 5.91 Å². The molecule has 1 atom stereocenters. The van der Waals surface area contributed by atoms with Crippen molar-refractivity contribution in [2.75, 3.05) is 13.7 Å². The highest BCUT2D eigenvalue weighted by Gasteiger charge is 2.19. The Morgan fingerprint density at radius 2 is 1.95 bits per heavy atom. The summed E-state index contributed by atoms with van der Waals surface area (Å²) >= 11 is 0. The van der Waals surface area contributed by atoms with Gasteiger partial charge in [-0.15, -0.1) is 0 Å². The van der Waals surface area contributed by atoms with Crippen LogP contribution in [0.25, 0.3) is 0 Å². The number of ether oxygens (including phenoxy) is 1. The number of hydrogen-bond acceptors (Lipinski definition) is 3. The normalized spacial score (nSPS) is 11.9. The van der Waals surface area contributed by atoms with E-state index in [2.05, 4.69) is 5.32 Å². The van der Waals surface area contributed by atoms with Crippen LogP contribution in [0.3, 0.4) is 0 Å². The SMILES string of the molecule is COCCCC(NC(=O)c1ccc(C)cc1)C(=O)O. The topological polar surface area (TPSA) is 75.6 Å². The van der Waals surface area contributed by atoms with Crippen LogP contribution >= 0.6 is 0 Å². The van der Waals surface area contributed by atoms with Gasteiger partial charge >= 0.3 is 5.97 Å². The maximum absolute atomic E-state index is 11.9. The van der Waals surface area contributed by atoms with Gasteiger partial charge in [0.1, 0.15) is 6.04 Å². The summed E-state index contributed by atoms with van der Waals surface area (Å²) in [6, 6.07) is 6.10. The standard InChI is InChI=1S/C14H19NO4/c1-10-5-7-11(8-6-10)13(16)15-12(14(17)18)4-3-9-19-2/h5-8,12H,3-4,9H2,1-2H3,(H,15,16)(H,17,18). The molecule has 0 saturated heterocycles. The number of aryl methyl sites for hydroxylation is 1. The van der Waals surface area contributed by atoms with Crippen LogP contribution in [0.15, 0.2) is 24.3 Å². The molecule has 1 aromatic rings. The maximum Gasteiger partial charge on any atom is 0.326 e. The molecule has 1 amide bonds. The lowest BCUT2D eigenvalue weighted by atomic mass is 10.1. The van der Waals surface area contributed by atoms with E-state index >= 15 is 0 Å². The number of carbonyl (C=O) groups is 2. The smallest absolute Gasteiger partial charge is 0.326 e. The monoisotopic (exact) mass is 265 g/mol. The Morgan fingerprint density at radius 3 is 2.47 bits per heavy atom. The fraction of sp³-hybridized carbons (Fsp3) is 0.429. The number of carbonyl (C=O) groups excluding carboxylic acids is 1.